The minimum absolute atomic E-state index is 0.0310. The van der Waals surface area contributed by atoms with E-state index in [-0.39, 0.29) is 103 Å². The number of rotatable bonds is 19. The lowest BCUT2D eigenvalue weighted by atomic mass is 9.77. The third-order valence-corrected chi connectivity index (χ3v) is 32.5. The normalized spacial score (nSPS) is 23.5. The zero-order chi connectivity index (χ0) is 65.2. The molecule has 0 saturated carbocycles. The highest BCUT2D eigenvalue weighted by atomic mass is 32.1. The third-order valence-electron chi connectivity index (χ3n) is 18.4. The first kappa shape index (κ1) is 72.1. The van der Waals surface area contributed by atoms with Gasteiger partial charge < -0.3 is 38.7 Å². The second kappa shape index (κ2) is 26.9. The SMILES string of the molecule is CC(O[Si](C)(C)C(C)(C)C)C1C(=O)NC1C(C)C(=O)CC(=O)OC(=O)c1ccc([N+](=O)[O-])cc1.CC(O[Si](C)(C)C(C)(C)C)C1C(=O)NC1C(C)C(=O)N1C(=S)OCC1(C)C.CC(O[Si](C)(C)C(C)(C)C)C1C(=O)NC1C(C)C(=O)n1ccnc1. The lowest BCUT2D eigenvalue weighted by Crippen LogP contribution is -2.68. The van der Waals surface area contributed by atoms with Gasteiger partial charge in [-0.3, -0.25) is 53.1 Å². The fourth-order valence-corrected chi connectivity index (χ4v) is 14.5. The zero-order valence-electron chi connectivity index (χ0n) is 54.2. The Balaban J connectivity index is 0.000000278. The van der Waals surface area contributed by atoms with E-state index >= 15 is 0 Å². The van der Waals surface area contributed by atoms with Gasteiger partial charge in [-0.05, 0) is 113 Å². The van der Waals surface area contributed by atoms with Crippen LogP contribution in [0.2, 0.25) is 54.4 Å². The van der Waals surface area contributed by atoms with Gasteiger partial charge in [0.2, 0.25) is 29.5 Å². The Bertz CT molecular complexity index is 2830. The van der Waals surface area contributed by atoms with Gasteiger partial charge in [0, 0.05) is 30.4 Å². The molecular formula is C59H95N7O15SSi3. The number of nitrogens with zero attached hydrogens (tertiary/aromatic N) is 4. The van der Waals surface area contributed by atoms with E-state index in [1.165, 1.54) is 10.9 Å². The quantitative estimate of drug-likeness (QED) is 0.0225. The molecule has 4 aliphatic rings. The number of nitro benzene ring substituents is 1. The molecular weight excluding hydrogens is 1160 g/mol. The lowest BCUT2D eigenvalue weighted by molar-refractivity contribution is -0.384. The maximum absolute atomic E-state index is 13.1. The van der Waals surface area contributed by atoms with Crippen LogP contribution in [0.1, 0.15) is 139 Å². The highest BCUT2D eigenvalue weighted by molar-refractivity contribution is 7.80. The third kappa shape index (κ3) is 16.8. The number of amides is 4. The Hall–Kier alpha value is -5.39. The molecule has 0 bridgehead atoms. The Morgan fingerprint density at radius 2 is 1.06 bits per heavy atom. The van der Waals surface area contributed by atoms with Crippen molar-refractivity contribution in [2.24, 2.45) is 35.5 Å². The number of aromatic nitrogens is 2. The monoisotopic (exact) mass is 1260 g/mol. The van der Waals surface area contributed by atoms with Gasteiger partial charge >= 0.3 is 11.9 Å². The van der Waals surface area contributed by atoms with Crippen molar-refractivity contribution in [3.05, 3.63) is 58.7 Å². The molecule has 12 unspecified atom stereocenters. The molecule has 1 aromatic heterocycles. The summed E-state index contributed by atoms with van der Waals surface area (Å²) in [4.78, 5) is 115. The van der Waals surface area contributed by atoms with Crippen LogP contribution in [0.15, 0.2) is 43.0 Å². The number of nitro groups is 1. The number of thiocarbonyl (C=S) groups is 1. The van der Waals surface area contributed by atoms with E-state index in [2.05, 4.69) is 123 Å². The molecule has 26 heteroatoms. The van der Waals surface area contributed by atoms with E-state index in [0.29, 0.717) is 6.61 Å². The molecule has 0 aliphatic carbocycles. The van der Waals surface area contributed by atoms with Crippen molar-refractivity contribution >= 4 is 95.3 Å². The molecule has 4 amide bonds. The summed E-state index contributed by atoms with van der Waals surface area (Å²) in [6.07, 6.45) is 3.21. The number of non-ortho nitro benzene ring substituents is 1. The smallest absolute Gasteiger partial charge is 0.345 e. The summed E-state index contributed by atoms with van der Waals surface area (Å²) in [5, 5.41) is 19.5. The van der Waals surface area contributed by atoms with Crippen molar-refractivity contribution in [1.29, 1.82) is 0 Å². The van der Waals surface area contributed by atoms with Crippen molar-refractivity contribution in [2.75, 3.05) is 6.61 Å². The largest absolute Gasteiger partial charge is 0.468 e. The minimum atomic E-state index is -2.13. The van der Waals surface area contributed by atoms with Gasteiger partial charge in [0.15, 0.2) is 25.0 Å². The first-order chi connectivity index (χ1) is 38.6. The second-order valence-corrected chi connectivity index (χ2v) is 43.0. The molecule has 2 aromatic rings. The van der Waals surface area contributed by atoms with E-state index in [1.807, 2.05) is 48.5 Å². The maximum Gasteiger partial charge on any atom is 0.345 e. The average Bonchev–Trinajstić information content (AvgIpc) is 2.15. The van der Waals surface area contributed by atoms with Crippen molar-refractivity contribution < 1.29 is 66.0 Å². The average molecular weight is 1260 g/mol. The summed E-state index contributed by atoms with van der Waals surface area (Å²) in [5.41, 5.74) is -0.743. The Labute approximate surface area is 510 Å². The number of imidazole rings is 1. The summed E-state index contributed by atoms with van der Waals surface area (Å²) >= 11 is 5.22. The van der Waals surface area contributed by atoms with Crippen molar-refractivity contribution in [1.82, 2.24) is 30.4 Å². The number of carbonyl (C=O) groups excluding carboxylic acids is 8. The standard InChI is InChI=1S/C23H32N2O8Si.C19H34N2O4SSi.C17H29N3O3Si/c1-13(20-19(21(28)24-20)14(2)33-34(6,7)23(3,4)5)17(26)12-18(27)32-22(29)15-8-10-16(11-9-15)25(30)31;1-11(16(23)21-17(26)24-10-19(21,6)7)14-13(15(22)20-14)12(2)25-27(8,9)18(3,4)5;1-11(16(22)20-9-8-18-10-20)14-13(15(21)19-14)12(2)23-24(6,7)17(3,4)5/h8-11,13-14,19-20H,12H2,1-7H3,(H,24,28);11-14H,10H2,1-9H3,(H,20,22);8-14H,1-7H3,(H,19,21). The predicted octanol–water partition coefficient (Wildman–Crippen LogP) is 9.15. The van der Waals surface area contributed by atoms with E-state index in [4.69, 9.17) is 35.0 Å². The van der Waals surface area contributed by atoms with Crippen LogP contribution in [0.3, 0.4) is 0 Å². The molecule has 0 radical (unpaired) electrons. The van der Waals surface area contributed by atoms with Gasteiger partial charge in [-0.15, -0.1) is 0 Å². The number of hydrogen-bond donors (Lipinski definition) is 3. The number of β-lactam (4-membered cyclic amide) rings is 3. The van der Waals surface area contributed by atoms with Crippen LogP contribution >= 0.6 is 12.2 Å². The van der Waals surface area contributed by atoms with Crippen molar-refractivity contribution in [2.45, 2.75) is 220 Å². The minimum Gasteiger partial charge on any atom is -0.468 e. The summed E-state index contributed by atoms with van der Waals surface area (Å²) in [5.74, 6) is -5.55. The molecule has 5 heterocycles. The van der Waals surface area contributed by atoms with Gasteiger partial charge in [-0.2, -0.15) is 0 Å². The van der Waals surface area contributed by atoms with Crippen LogP contribution < -0.4 is 16.0 Å². The Morgan fingerprint density at radius 3 is 1.38 bits per heavy atom. The number of hydrogen-bond acceptors (Lipinski definition) is 17. The van der Waals surface area contributed by atoms with E-state index in [9.17, 15) is 48.5 Å². The van der Waals surface area contributed by atoms with Gasteiger partial charge in [0.1, 0.15) is 25.1 Å². The fraction of sp³-hybridized carbons (Fsp3) is 0.695. The van der Waals surface area contributed by atoms with E-state index < -0.39 is 89.5 Å². The fourth-order valence-electron chi connectivity index (χ4n) is 9.78. The summed E-state index contributed by atoms with van der Waals surface area (Å²) in [6, 6.07) is 3.60. The first-order valence-corrected chi connectivity index (χ1v) is 38.2. The molecule has 6 rings (SSSR count). The van der Waals surface area contributed by atoms with Crippen molar-refractivity contribution in [3.63, 3.8) is 0 Å². The van der Waals surface area contributed by atoms with E-state index in [1.54, 1.807) is 24.2 Å². The first-order valence-electron chi connectivity index (χ1n) is 29.1. The summed E-state index contributed by atoms with van der Waals surface area (Å²) in [6.45, 7) is 47.5. The molecule has 3 N–H and O–H groups in total. The molecule has 12 atom stereocenters. The van der Waals surface area contributed by atoms with Crippen LogP contribution in [0.25, 0.3) is 0 Å². The lowest BCUT2D eigenvalue weighted by Gasteiger charge is -2.47. The van der Waals surface area contributed by atoms with Crippen LogP contribution in [-0.4, -0.2) is 145 Å². The molecule has 85 heavy (non-hydrogen) atoms. The molecule has 474 valence electrons. The van der Waals surface area contributed by atoms with E-state index in [0.717, 1.165) is 24.3 Å². The molecule has 4 fully saturated rings. The highest BCUT2D eigenvalue weighted by Gasteiger charge is 2.55. The summed E-state index contributed by atoms with van der Waals surface area (Å²) in [7, 11) is -6.11. The number of Topliss-reactive ketones (excluding diaryl/α,β-unsaturated/α-hetero) is 1. The molecule has 4 saturated heterocycles. The molecule has 22 nitrogen and oxygen atoms in total. The highest BCUT2D eigenvalue weighted by Crippen LogP contribution is 2.43. The number of carbonyl (C=O) groups is 8. The molecule has 4 aliphatic heterocycles. The van der Waals surface area contributed by atoms with Crippen LogP contribution in [0.5, 0.6) is 0 Å². The van der Waals surface area contributed by atoms with Gasteiger partial charge in [-0.1, -0.05) is 83.1 Å². The molecule has 1 aromatic carbocycles. The second-order valence-electron chi connectivity index (χ2n) is 28.4. The predicted molar refractivity (Wildman–Crippen MR) is 332 cm³/mol. The Kier molecular flexibility index (Phi) is 22.8. The number of esters is 2. The van der Waals surface area contributed by atoms with Crippen molar-refractivity contribution in [3.8, 4) is 0 Å². The van der Waals surface area contributed by atoms with Crippen LogP contribution in [-0.2, 0) is 51.5 Å². The van der Waals surface area contributed by atoms with Gasteiger partial charge in [0.25, 0.3) is 10.9 Å². The number of benzene rings is 1. The number of ether oxygens (including phenoxy) is 2. The number of ketones is 1. The maximum atomic E-state index is 13.1. The number of nitrogens with one attached hydrogen (secondary N) is 3. The van der Waals surface area contributed by atoms with Crippen LogP contribution in [0, 0.1) is 45.6 Å². The summed E-state index contributed by atoms with van der Waals surface area (Å²) < 4.78 is 30.7. The van der Waals surface area contributed by atoms with Gasteiger partial charge in [0.05, 0.1) is 82.1 Å². The Morgan fingerprint density at radius 1 is 0.682 bits per heavy atom. The topological polar surface area (TPSA) is 283 Å². The van der Waals surface area contributed by atoms with Crippen LogP contribution in [0.4, 0.5) is 5.69 Å². The van der Waals surface area contributed by atoms with Gasteiger partial charge in [-0.25, -0.2) is 9.78 Å². The zero-order valence-corrected chi connectivity index (χ0v) is 58.0. The molecule has 0 spiro atoms.